The molecular weight excluding hydrogens is 330 g/mol. The lowest BCUT2D eigenvalue weighted by Gasteiger charge is -2.27. The lowest BCUT2D eigenvalue weighted by molar-refractivity contribution is 0.243. The number of aryl methyl sites for hydroxylation is 2. The number of rotatable bonds is 3. The summed E-state index contributed by atoms with van der Waals surface area (Å²) in [5.41, 5.74) is 4.36. The number of H-pyrrole nitrogens is 1. The topological polar surface area (TPSA) is 49.0 Å². The third-order valence-electron chi connectivity index (χ3n) is 4.61. The van der Waals surface area contributed by atoms with Crippen LogP contribution in [0.5, 0.6) is 0 Å². The zero-order valence-corrected chi connectivity index (χ0v) is 15.3. The largest absolute Gasteiger partial charge is 0.310 e. The van der Waals surface area contributed by atoms with E-state index in [1.807, 2.05) is 18.3 Å². The van der Waals surface area contributed by atoms with Gasteiger partial charge in [-0.3, -0.25) is 9.69 Å². The zero-order valence-electron chi connectivity index (χ0n) is 14.5. The number of fused-ring (bicyclic) bond motifs is 1. The van der Waals surface area contributed by atoms with Crippen LogP contribution >= 0.6 is 11.3 Å². The maximum absolute atomic E-state index is 12.2. The molecule has 0 amide bonds. The molecular formula is C20H21N3OS. The SMILES string of the molecule is Cc1cccc(-c2ccc(CN3CCc4nc(C)[nH]c(=O)c4C3)s2)c1. The normalized spacial score (nSPS) is 14.5. The number of aromatic nitrogens is 2. The Morgan fingerprint density at radius 1 is 1.24 bits per heavy atom. The molecule has 2 aromatic heterocycles. The van der Waals surface area contributed by atoms with E-state index < -0.39 is 0 Å². The van der Waals surface area contributed by atoms with E-state index in [0.29, 0.717) is 12.4 Å². The van der Waals surface area contributed by atoms with Crippen LogP contribution in [0.3, 0.4) is 0 Å². The van der Waals surface area contributed by atoms with Gasteiger partial charge in [0, 0.05) is 35.8 Å². The van der Waals surface area contributed by atoms with Crippen molar-refractivity contribution in [1.29, 1.82) is 0 Å². The predicted molar refractivity (Wildman–Crippen MR) is 102 cm³/mol. The molecule has 3 aromatic rings. The van der Waals surface area contributed by atoms with Crippen LogP contribution in [0.15, 0.2) is 41.2 Å². The lowest BCUT2D eigenvalue weighted by Crippen LogP contribution is -2.35. The number of thiophene rings is 1. The maximum atomic E-state index is 12.2. The number of nitrogens with zero attached hydrogens (tertiary/aromatic N) is 2. The first-order chi connectivity index (χ1) is 12.1. The average Bonchev–Trinajstić information content (AvgIpc) is 3.04. The van der Waals surface area contributed by atoms with Crippen molar-refractivity contribution < 1.29 is 0 Å². The van der Waals surface area contributed by atoms with Gasteiger partial charge in [0.2, 0.25) is 0 Å². The van der Waals surface area contributed by atoms with Crippen molar-refractivity contribution in [2.45, 2.75) is 33.4 Å². The molecule has 0 saturated carbocycles. The Balaban J connectivity index is 1.51. The van der Waals surface area contributed by atoms with E-state index >= 15 is 0 Å². The minimum Gasteiger partial charge on any atom is -0.310 e. The second-order valence-electron chi connectivity index (χ2n) is 6.67. The van der Waals surface area contributed by atoms with Crippen molar-refractivity contribution in [3.63, 3.8) is 0 Å². The average molecular weight is 351 g/mol. The summed E-state index contributed by atoms with van der Waals surface area (Å²) in [5, 5.41) is 0. The second-order valence-corrected chi connectivity index (χ2v) is 7.84. The van der Waals surface area contributed by atoms with Crippen molar-refractivity contribution in [1.82, 2.24) is 14.9 Å². The number of benzene rings is 1. The Morgan fingerprint density at radius 2 is 2.12 bits per heavy atom. The minimum absolute atomic E-state index is 0.0128. The van der Waals surface area contributed by atoms with Crippen molar-refractivity contribution in [2.75, 3.05) is 6.54 Å². The zero-order chi connectivity index (χ0) is 17.4. The standard InChI is InChI=1S/C20H21N3OS/c1-13-4-3-5-15(10-13)19-7-6-16(25-19)11-23-9-8-18-17(12-23)20(24)22-14(2)21-18/h3-7,10H,8-9,11-12H2,1-2H3,(H,21,22,24). The molecule has 0 unspecified atom stereocenters. The third-order valence-corrected chi connectivity index (χ3v) is 5.73. The summed E-state index contributed by atoms with van der Waals surface area (Å²) in [6.45, 7) is 6.46. The van der Waals surface area contributed by atoms with Gasteiger partial charge in [0.15, 0.2) is 0 Å². The van der Waals surface area contributed by atoms with E-state index in [0.717, 1.165) is 30.8 Å². The van der Waals surface area contributed by atoms with Crippen molar-refractivity contribution in [3.05, 3.63) is 74.3 Å². The van der Waals surface area contributed by atoms with Crippen molar-refractivity contribution in [2.24, 2.45) is 0 Å². The molecule has 0 bridgehead atoms. The molecule has 0 saturated heterocycles. The Morgan fingerprint density at radius 3 is 2.96 bits per heavy atom. The molecule has 4 rings (SSSR count). The molecule has 25 heavy (non-hydrogen) atoms. The molecule has 0 aliphatic carbocycles. The van der Waals surface area contributed by atoms with Crippen LogP contribution in [-0.2, 0) is 19.5 Å². The Kier molecular flexibility index (Phi) is 4.27. The van der Waals surface area contributed by atoms with Gasteiger partial charge in [0.1, 0.15) is 5.82 Å². The van der Waals surface area contributed by atoms with Crippen LogP contribution in [0, 0.1) is 13.8 Å². The summed E-state index contributed by atoms with van der Waals surface area (Å²) in [4.78, 5) is 24.5. The number of aromatic amines is 1. The quantitative estimate of drug-likeness (QED) is 0.783. The fraction of sp³-hybridized carbons (Fsp3) is 0.300. The number of nitrogens with one attached hydrogen (secondary N) is 1. The smallest absolute Gasteiger partial charge is 0.255 e. The summed E-state index contributed by atoms with van der Waals surface area (Å²) >= 11 is 1.83. The van der Waals surface area contributed by atoms with Gasteiger partial charge in [-0.05, 0) is 31.5 Å². The van der Waals surface area contributed by atoms with Crippen molar-refractivity contribution >= 4 is 11.3 Å². The molecule has 1 aromatic carbocycles. The van der Waals surface area contributed by atoms with Crippen LogP contribution in [0.2, 0.25) is 0 Å². The second kappa shape index (κ2) is 6.58. The molecule has 3 heterocycles. The monoisotopic (exact) mass is 351 g/mol. The van der Waals surface area contributed by atoms with Gasteiger partial charge in [-0.1, -0.05) is 29.8 Å². The first kappa shape index (κ1) is 16.2. The van der Waals surface area contributed by atoms with Crippen LogP contribution in [0.4, 0.5) is 0 Å². The van der Waals surface area contributed by atoms with Crippen LogP contribution in [0.1, 0.15) is 27.5 Å². The Labute approximate surface area is 151 Å². The first-order valence-electron chi connectivity index (χ1n) is 8.55. The van der Waals surface area contributed by atoms with E-state index in [1.165, 1.54) is 20.9 Å². The number of hydrogen-bond donors (Lipinski definition) is 1. The summed E-state index contributed by atoms with van der Waals surface area (Å²) in [6, 6.07) is 13.0. The molecule has 0 spiro atoms. The number of hydrogen-bond acceptors (Lipinski definition) is 4. The van der Waals surface area contributed by atoms with Gasteiger partial charge in [-0.25, -0.2) is 4.98 Å². The van der Waals surface area contributed by atoms with Crippen LogP contribution in [0.25, 0.3) is 10.4 Å². The highest BCUT2D eigenvalue weighted by molar-refractivity contribution is 7.15. The Bertz CT molecular complexity index is 973. The molecule has 1 aliphatic rings. The molecule has 4 nitrogen and oxygen atoms in total. The fourth-order valence-electron chi connectivity index (χ4n) is 3.38. The lowest BCUT2D eigenvalue weighted by atomic mass is 10.1. The van der Waals surface area contributed by atoms with E-state index in [-0.39, 0.29) is 5.56 Å². The van der Waals surface area contributed by atoms with Gasteiger partial charge < -0.3 is 4.98 Å². The molecule has 1 aliphatic heterocycles. The molecule has 0 fully saturated rings. The van der Waals surface area contributed by atoms with Crippen LogP contribution < -0.4 is 5.56 Å². The molecule has 0 radical (unpaired) electrons. The summed E-state index contributed by atoms with van der Waals surface area (Å²) in [5.74, 6) is 0.707. The highest BCUT2D eigenvalue weighted by Crippen LogP contribution is 2.30. The summed E-state index contributed by atoms with van der Waals surface area (Å²) < 4.78 is 0. The highest BCUT2D eigenvalue weighted by atomic mass is 32.1. The third kappa shape index (κ3) is 3.43. The molecule has 0 atom stereocenters. The van der Waals surface area contributed by atoms with E-state index in [1.54, 1.807) is 0 Å². The van der Waals surface area contributed by atoms with Crippen molar-refractivity contribution in [3.8, 4) is 10.4 Å². The molecule has 1 N–H and O–H groups in total. The molecule has 128 valence electrons. The Hall–Kier alpha value is -2.24. The van der Waals surface area contributed by atoms with E-state index in [9.17, 15) is 4.79 Å². The van der Waals surface area contributed by atoms with Gasteiger partial charge in [0.25, 0.3) is 5.56 Å². The van der Waals surface area contributed by atoms with Gasteiger partial charge in [-0.2, -0.15) is 0 Å². The van der Waals surface area contributed by atoms with Gasteiger partial charge in [-0.15, -0.1) is 11.3 Å². The summed E-state index contributed by atoms with van der Waals surface area (Å²) in [6.07, 6.45) is 0.843. The fourth-order valence-corrected chi connectivity index (χ4v) is 4.42. The molecule has 5 heteroatoms. The predicted octanol–water partition coefficient (Wildman–Crippen LogP) is 3.67. The van der Waals surface area contributed by atoms with Gasteiger partial charge >= 0.3 is 0 Å². The minimum atomic E-state index is 0.0128. The van der Waals surface area contributed by atoms with E-state index in [2.05, 4.69) is 58.2 Å². The van der Waals surface area contributed by atoms with Crippen LogP contribution in [-0.4, -0.2) is 21.4 Å². The summed E-state index contributed by atoms with van der Waals surface area (Å²) in [7, 11) is 0. The maximum Gasteiger partial charge on any atom is 0.255 e. The first-order valence-corrected chi connectivity index (χ1v) is 9.37. The van der Waals surface area contributed by atoms with E-state index in [4.69, 9.17) is 0 Å². The highest BCUT2D eigenvalue weighted by Gasteiger charge is 2.21. The van der Waals surface area contributed by atoms with Gasteiger partial charge in [0.05, 0.1) is 11.3 Å².